The molecule has 0 radical (unpaired) electrons. The van der Waals surface area contributed by atoms with Crippen molar-refractivity contribution in [1.29, 1.82) is 0 Å². The van der Waals surface area contributed by atoms with Crippen LogP contribution in [-0.4, -0.2) is 174 Å². The van der Waals surface area contributed by atoms with E-state index in [-0.39, 0.29) is 40.5 Å². The summed E-state index contributed by atoms with van der Waals surface area (Å²) >= 11 is 12.5. The summed E-state index contributed by atoms with van der Waals surface area (Å²) in [5.74, 6) is -4.38. The molecule has 7 aliphatic rings. The number of nitro groups is 2. The number of amides is 2. The van der Waals surface area contributed by atoms with E-state index in [1.165, 1.54) is 146 Å². The molecule has 3 saturated heterocycles. The van der Waals surface area contributed by atoms with E-state index in [9.17, 15) is 46.7 Å². The summed E-state index contributed by atoms with van der Waals surface area (Å²) in [5.41, 5.74) is 9.68. The summed E-state index contributed by atoms with van der Waals surface area (Å²) in [4.78, 5) is 72.9. The highest BCUT2D eigenvalue weighted by molar-refractivity contribution is 7.90. The quantitative estimate of drug-likeness (QED) is 0.0185. The molecule has 33 heteroatoms. The number of rotatable bonds is 30. The number of allylic oxidation sites excluding steroid dienone is 2. The van der Waals surface area contributed by atoms with Gasteiger partial charge in [0.2, 0.25) is 0 Å². The van der Waals surface area contributed by atoms with Gasteiger partial charge in [-0.3, -0.25) is 39.6 Å². The van der Waals surface area contributed by atoms with Gasteiger partial charge in [-0.1, -0.05) is 83.6 Å². The molecule has 6 aromatic carbocycles. The molecule has 662 valence electrons. The average molecular weight is 1800 g/mol. The lowest BCUT2D eigenvalue weighted by atomic mass is 9.59. The Bertz CT molecular complexity index is 6030. The number of hydrogen-bond donors (Lipinski definition) is 4. The summed E-state index contributed by atoms with van der Waals surface area (Å²) in [5, 5.41) is 26.9. The minimum absolute atomic E-state index is 0.121. The van der Waals surface area contributed by atoms with Crippen LogP contribution in [-0.2, 0) is 47.1 Å². The molecule has 0 atom stereocenters. The second-order valence-electron chi connectivity index (χ2n) is 34.0. The van der Waals surface area contributed by atoms with Crippen LogP contribution in [0.2, 0.25) is 10.0 Å². The molecule has 5 fully saturated rings. The molecule has 27 nitrogen and oxygen atoms in total. The minimum atomic E-state index is -4.68. The van der Waals surface area contributed by atoms with E-state index >= 15 is 8.78 Å². The molecular weight excluding hydrogens is 1700 g/mol. The van der Waals surface area contributed by atoms with Crippen LogP contribution < -0.4 is 28.7 Å². The maximum absolute atomic E-state index is 17.0. The van der Waals surface area contributed by atoms with E-state index in [4.69, 9.17) is 46.9 Å². The number of benzene rings is 6. The Kier molecular flexibility index (Phi) is 27.3. The van der Waals surface area contributed by atoms with E-state index in [1.807, 2.05) is 43.5 Å². The molecule has 2 amide bonds. The lowest BCUT2D eigenvalue weighted by molar-refractivity contribution is -0.385. The number of nitro benzene ring substituents is 2. The zero-order valence-electron chi connectivity index (χ0n) is 70.0. The average Bonchev–Trinajstić information content (AvgIpc) is 0.830. The van der Waals surface area contributed by atoms with Crippen molar-refractivity contribution < 1.29 is 68.7 Å². The number of methoxy groups -OCH3 is 1. The molecular formula is C93H100Cl2F2N12O15S2. The van der Waals surface area contributed by atoms with Crippen LogP contribution in [0.25, 0.3) is 33.2 Å². The van der Waals surface area contributed by atoms with E-state index in [0.717, 1.165) is 68.8 Å². The van der Waals surface area contributed by atoms with Crippen LogP contribution in [0, 0.1) is 48.6 Å². The fraction of sp³-hybridized carbons (Fsp3) is 0.398. The molecule has 126 heavy (non-hydrogen) atoms. The molecule has 4 aliphatic carbocycles. The Hall–Kier alpha value is -10.7. The molecule has 4 N–H and O–H groups in total. The Morgan fingerprint density at radius 3 is 1.43 bits per heavy atom. The van der Waals surface area contributed by atoms with Crippen LogP contribution in [0.3, 0.4) is 0 Å². The number of halogens is 4. The first-order chi connectivity index (χ1) is 60.8. The Labute approximate surface area is 739 Å². The number of aromatic amines is 2. The third-order valence-corrected chi connectivity index (χ3v) is 29.2. The SMILES string of the molecule is COCCOCCCc1ccc(S(=O)(=O)NC(=O)c2ccc(N3CCN(CC4=C(c5ccc(Cl)cc5)CC5(CCC5)CC4)CC3)c(F)c2Oc2cnc3[nH]ccc3c2)cc1[N+](=O)[O-].O=C(NS(=O)(=O)c1ccc(CCC2CCOCC2)c([N+](=O)[O-])c1)c1ccc(N2CCN(CC3=C(c4ccc(Cl)cc4)CC4(CCC4)CC3)CC2)c(F)c1Oc1cnc2[nH]ccc2c1. The molecule has 0 unspecified atom stereocenters. The van der Waals surface area contributed by atoms with Crippen molar-refractivity contribution in [3.63, 3.8) is 0 Å². The first-order valence-electron chi connectivity index (χ1n) is 42.9. The van der Waals surface area contributed by atoms with Crippen molar-refractivity contribution in [2.24, 2.45) is 16.7 Å². The van der Waals surface area contributed by atoms with Gasteiger partial charge in [-0.15, -0.1) is 0 Å². The zero-order valence-corrected chi connectivity index (χ0v) is 73.1. The van der Waals surface area contributed by atoms with Gasteiger partial charge in [-0.25, -0.2) is 45.0 Å². The minimum Gasteiger partial charge on any atom is -0.452 e. The fourth-order valence-electron chi connectivity index (χ4n) is 18.6. The maximum Gasteiger partial charge on any atom is 0.273 e. The summed E-state index contributed by atoms with van der Waals surface area (Å²) in [7, 11) is -7.79. The number of hydrogen-bond acceptors (Lipinski definition) is 21. The molecule has 0 bridgehead atoms. The molecule has 7 heterocycles. The number of nitrogens with one attached hydrogen (secondary N) is 4. The summed E-state index contributed by atoms with van der Waals surface area (Å²) in [6.07, 6.45) is 24.0. The van der Waals surface area contributed by atoms with Gasteiger partial charge in [0.1, 0.15) is 22.8 Å². The third kappa shape index (κ3) is 20.4. The van der Waals surface area contributed by atoms with Gasteiger partial charge in [0.15, 0.2) is 23.1 Å². The van der Waals surface area contributed by atoms with E-state index in [2.05, 4.69) is 54.0 Å². The number of nitrogens with zero attached hydrogens (tertiary/aromatic N) is 8. The number of H-pyrrole nitrogens is 2. The molecule has 17 rings (SSSR count). The Morgan fingerprint density at radius 2 is 1.01 bits per heavy atom. The van der Waals surface area contributed by atoms with Crippen LogP contribution in [0.1, 0.15) is 146 Å². The highest BCUT2D eigenvalue weighted by Crippen LogP contribution is 2.57. The predicted octanol–water partition coefficient (Wildman–Crippen LogP) is 18.2. The zero-order chi connectivity index (χ0) is 87.9. The van der Waals surface area contributed by atoms with Gasteiger partial charge in [-0.05, 0) is 227 Å². The number of fused-ring (bicyclic) bond motifs is 2. The van der Waals surface area contributed by atoms with E-state index < -0.39 is 85.9 Å². The van der Waals surface area contributed by atoms with E-state index in [0.29, 0.717) is 160 Å². The monoisotopic (exact) mass is 1800 g/mol. The van der Waals surface area contributed by atoms with Crippen LogP contribution in [0.5, 0.6) is 23.0 Å². The first kappa shape index (κ1) is 88.7. The number of aromatic nitrogens is 4. The largest absolute Gasteiger partial charge is 0.452 e. The lowest BCUT2D eigenvalue weighted by Gasteiger charge is -2.47. The number of carbonyl (C=O) groups excluding carboxylic acids is 2. The molecule has 2 saturated carbocycles. The van der Waals surface area contributed by atoms with Crippen LogP contribution in [0.15, 0.2) is 179 Å². The lowest BCUT2D eigenvalue weighted by Crippen LogP contribution is -2.47. The number of piperazine rings is 2. The standard InChI is InChI=1S/C47H50ClFN6O7S.C46H50ClFN6O8S/c48-36-7-4-32(5-8-36)40-28-47(16-1-17-47)18-12-35(40)30-53-20-22-54(23-21-53)41-11-10-39(44(43(41)49)62-37-26-34-13-19-50-45(34)51-29-37)46(56)52-63(59,60)38-9-6-33(42(27-38)55(57)58)3-2-31-14-24-61-25-15-31;1-60-24-25-61-23-2-4-32-7-10-37(27-41(32)54(56)57)63(58,59)51-45(55)38-11-12-40(42(48)43(38)62-36-26-33-14-18-49-44(33)50-29-36)53-21-19-52(20-22-53)30-34-13-17-46(15-3-16-46)28-39(34)31-5-8-35(47)9-6-31/h4-11,13,19,26-27,29,31H,1-3,12,14-18,20-25,28,30H2,(H,50,51)(H,52,56);5-12,14,18,26-27,29H,2-4,13,15-17,19-25,28,30H2,1H3,(H,49,50)(H,51,55). The van der Waals surface area contributed by atoms with Crippen molar-refractivity contribution in [1.82, 2.24) is 39.2 Å². The summed E-state index contributed by atoms with van der Waals surface area (Å²) < 4.78 is 121. The van der Waals surface area contributed by atoms with Gasteiger partial charge < -0.3 is 43.5 Å². The topological polar surface area (TPSA) is 329 Å². The molecule has 10 aromatic rings. The second-order valence-corrected chi connectivity index (χ2v) is 38.2. The van der Waals surface area contributed by atoms with Crippen molar-refractivity contribution in [2.45, 2.75) is 125 Å². The second kappa shape index (κ2) is 38.8. The highest BCUT2D eigenvalue weighted by atomic mass is 35.5. The van der Waals surface area contributed by atoms with Gasteiger partial charge in [0, 0.05) is 149 Å². The maximum atomic E-state index is 17.0. The van der Waals surface area contributed by atoms with Crippen LogP contribution >= 0.6 is 23.2 Å². The number of anilines is 2. The van der Waals surface area contributed by atoms with E-state index in [1.54, 1.807) is 43.8 Å². The first-order valence-corrected chi connectivity index (χ1v) is 46.7. The van der Waals surface area contributed by atoms with Gasteiger partial charge in [0.05, 0.1) is 67.7 Å². The van der Waals surface area contributed by atoms with Crippen LogP contribution in [0.4, 0.5) is 31.5 Å². The number of sulfonamides is 2. The Morgan fingerprint density at radius 1 is 0.563 bits per heavy atom. The summed E-state index contributed by atoms with van der Waals surface area (Å²) in [6, 6.07) is 35.8. The molecule has 3 aliphatic heterocycles. The number of carbonyl (C=O) groups is 2. The fourth-order valence-corrected chi connectivity index (χ4v) is 20.8. The van der Waals surface area contributed by atoms with Gasteiger partial charge in [-0.2, -0.15) is 0 Å². The molecule has 4 aromatic heterocycles. The number of ether oxygens (including phenoxy) is 5. The number of aryl methyl sites for hydroxylation is 2. The molecule has 2 spiro atoms. The Balaban J connectivity index is 0.000000186. The highest BCUT2D eigenvalue weighted by Gasteiger charge is 2.43. The van der Waals surface area contributed by atoms with Crippen molar-refractivity contribution in [3.8, 4) is 23.0 Å². The number of pyridine rings is 2. The summed E-state index contributed by atoms with van der Waals surface area (Å²) in [6.45, 7) is 8.72. The van der Waals surface area contributed by atoms with Crippen molar-refractivity contribution in [3.05, 3.63) is 245 Å². The normalized spacial score (nSPS) is 17.5. The smallest absolute Gasteiger partial charge is 0.273 e. The van der Waals surface area contributed by atoms with Gasteiger partial charge >= 0.3 is 0 Å². The van der Waals surface area contributed by atoms with Gasteiger partial charge in [0.25, 0.3) is 43.2 Å². The predicted molar refractivity (Wildman–Crippen MR) is 478 cm³/mol. The van der Waals surface area contributed by atoms with Crippen molar-refractivity contribution in [2.75, 3.05) is 115 Å². The third-order valence-electron chi connectivity index (χ3n) is 26.1. The van der Waals surface area contributed by atoms with Crippen molar-refractivity contribution >= 4 is 111 Å².